The van der Waals surface area contributed by atoms with E-state index in [0.29, 0.717) is 22.9 Å². The number of rotatable bonds is 3. The van der Waals surface area contributed by atoms with Crippen molar-refractivity contribution in [3.63, 3.8) is 0 Å². The monoisotopic (exact) mass is 396 g/mol. The minimum Gasteiger partial charge on any atom is -0.345 e. The Morgan fingerprint density at radius 2 is 2.00 bits per heavy atom. The molecule has 23 heavy (non-hydrogen) atoms. The molecule has 0 aromatic carbocycles. The first-order valence-corrected chi connectivity index (χ1v) is 8.69. The Bertz CT molecular complexity index is 715. The van der Waals surface area contributed by atoms with E-state index in [0.717, 1.165) is 36.2 Å². The second-order valence-corrected chi connectivity index (χ2v) is 7.42. The quantitative estimate of drug-likeness (QED) is 0.793. The molecule has 2 bridgehead atoms. The van der Waals surface area contributed by atoms with Gasteiger partial charge in [0.25, 0.3) is 0 Å². The van der Waals surface area contributed by atoms with E-state index in [1.165, 1.54) is 12.3 Å². The van der Waals surface area contributed by atoms with Gasteiger partial charge in [-0.1, -0.05) is 11.6 Å². The number of anilines is 1. The number of fused-ring (bicyclic) bond motifs is 2. The zero-order chi connectivity index (χ0) is 16.0. The molecule has 5 heterocycles. The minimum absolute atomic E-state index is 0.312. The molecule has 3 aliphatic heterocycles. The lowest BCUT2D eigenvalue weighted by atomic mass is 9.87. The molecule has 3 fully saturated rings. The molecule has 0 spiro atoms. The van der Waals surface area contributed by atoms with Gasteiger partial charge in [0.05, 0.1) is 10.7 Å². The van der Waals surface area contributed by atoms with Gasteiger partial charge in [-0.3, -0.25) is 9.88 Å². The molecule has 2 aromatic heterocycles. The van der Waals surface area contributed by atoms with Crippen LogP contribution >= 0.6 is 27.5 Å². The predicted molar refractivity (Wildman–Crippen MR) is 91.1 cm³/mol. The highest BCUT2D eigenvalue weighted by atomic mass is 79.9. The molecule has 2 aromatic rings. The van der Waals surface area contributed by atoms with E-state index in [-0.39, 0.29) is 5.82 Å². The first-order valence-electron chi connectivity index (χ1n) is 7.52. The van der Waals surface area contributed by atoms with Gasteiger partial charge in [0, 0.05) is 48.6 Å². The number of hydrogen-bond donors (Lipinski definition) is 0. The first kappa shape index (κ1) is 15.3. The second-order valence-electron chi connectivity index (χ2n) is 6.07. The highest BCUT2D eigenvalue weighted by Gasteiger charge is 2.46. The van der Waals surface area contributed by atoms with Gasteiger partial charge in [-0.15, -0.1) is 0 Å². The van der Waals surface area contributed by atoms with Gasteiger partial charge in [0.15, 0.2) is 11.6 Å². The Morgan fingerprint density at radius 3 is 2.65 bits per heavy atom. The van der Waals surface area contributed by atoms with E-state index in [9.17, 15) is 4.39 Å². The molecule has 3 aliphatic rings. The summed E-state index contributed by atoms with van der Waals surface area (Å²) in [7, 11) is 0. The first-order chi connectivity index (χ1) is 11.1. The molecule has 7 heteroatoms. The van der Waals surface area contributed by atoms with Crippen LogP contribution in [0.3, 0.4) is 0 Å². The maximum atomic E-state index is 14.1. The molecule has 0 N–H and O–H groups in total. The van der Waals surface area contributed by atoms with Crippen LogP contribution in [0.5, 0.6) is 0 Å². The normalized spacial score (nSPS) is 23.7. The van der Waals surface area contributed by atoms with Crippen LogP contribution in [0.4, 0.5) is 10.2 Å². The van der Waals surface area contributed by atoms with Crippen molar-refractivity contribution in [3.05, 3.63) is 51.6 Å². The van der Waals surface area contributed by atoms with Crippen LogP contribution in [-0.2, 0) is 6.54 Å². The van der Waals surface area contributed by atoms with Crippen molar-refractivity contribution in [2.75, 3.05) is 18.0 Å². The van der Waals surface area contributed by atoms with Gasteiger partial charge in [-0.2, -0.15) is 0 Å². The minimum atomic E-state index is -0.338. The second kappa shape index (κ2) is 6.00. The van der Waals surface area contributed by atoms with Crippen LogP contribution in [0.2, 0.25) is 5.02 Å². The van der Waals surface area contributed by atoms with E-state index in [2.05, 4.69) is 35.7 Å². The molecule has 4 nitrogen and oxygen atoms in total. The number of halogens is 3. The molecule has 120 valence electrons. The fourth-order valence-corrected chi connectivity index (χ4v) is 3.88. The molecule has 0 aliphatic carbocycles. The van der Waals surface area contributed by atoms with Gasteiger partial charge in [-0.25, -0.2) is 9.37 Å². The van der Waals surface area contributed by atoms with Crippen molar-refractivity contribution in [2.45, 2.75) is 25.0 Å². The Morgan fingerprint density at radius 1 is 1.22 bits per heavy atom. The summed E-state index contributed by atoms with van der Waals surface area (Å²) in [5, 5.41) is 0.333. The van der Waals surface area contributed by atoms with Gasteiger partial charge in [-0.05, 0) is 40.5 Å². The third-order valence-corrected chi connectivity index (χ3v) is 5.15. The summed E-state index contributed by atoms with van der Waals surface area (Å²) in [6.07, 6.45) is 4.42. The van der Waals surface area contributed by atoms with Crippen molar-refractivity contribution in [1.82, 2.24) is 14.9 Å². The topological polar surface area (TPSA) is 32.3 Å². The Balaban J connectivity index is 1.45. The third-order valence-electron chi connectivity index (χ3n) is 4.48. The van der Waals surface area contributed by atoms with Crippen LogP contribution in [0.15, 0.2) is 35.1 Å². The van der Waals surface area contributed by atoms with Gasteiger partial charge in [0.2, 0.25) is 0 Å². The van der Waals surface area contributed by atoms with Crippen LogP contribution in [0.1, 0.15) is 12.1 Å². The van der Waals surface area contributed by atoms with E-state index in [4.69, 9.17) is 11.6 Å². The summed E-state index contributed by atoms with van der Waals surface area (Å²) in [5.41, 5.74) is 1.05. The summed E-state index contributed by atoms with van der Waals surface area (Å²) in [6, 6.07) is 6.00. The lowest BCUT2D eigenvalue weighted by Gasteiger charge is -2.57. The van der Waals surface area contributed by atoms with Crippen LogP contribution in [-0.4, -0.2) is 40.0 Å². The molecule has 2 atom stereocenters. The summed E-state index contributed by atoms with van der Waals surface area (Å²) in [4.78, 5) is 13.1. The van der Waals surface area contributed by atoms with E-state index < -0.39 is 0 Å². The zero-order valence-corrected chi connectivity index (χ0v) is 14.6. The van der Waals surface area contributed by atoms with Crippen molar-refractivity contribution in [3.8, 4) is 0 Å². The lowest BCUT2D eigenvalue weighted by Crippen LogP contribution is -2.69. The average molecular weight is 398 g/mol. The largest absolute Gasteiger partial charge is 0.345 e. The lowest BCUT2D eigenvalue weighted by molar-refractivity contribution is 0.106. The molecule has 0 saturated carbocycles. The third kappa shape index (κ3) is 2.95. The van der Waals surface area contributed by atoms with Gasteiger partial charge >= 0.3 is 0 Å². The summed E-state index contributed by atoms with van der Waals surface area (Å²) < 4.78 is 15.1. The fraction of sp³-hybridized carbons (Fsp3) is 0.375. The number of aromatic nitrogens is 2. The number of nitrogens with zero attached hydrogens (tertiary/aromatic N) is 4. The summed E-state index contributed by atoms with van der Waals surface area (Å²) in [6.45, 7) is 2.63. The zero-order valence-electron chi connectivity index (χ0n) is 12.3. The van der Waals surface area contributed by atoms with Crippen LogP contribution in [0, 0.1) is 5.82 Å². The van der Waals surface area contributed by atoms with Gasteiger partial charge in [0.1, 0.15) is 0 Å². The molecule has 5 rings (SSSR count). The van der Waals surface area contributed by atoms with Gasteiger partial charge < -0.3 is 4.90 Å². The average Bonchev–Trinajstić information content (AvgIpc) is 2.52. The highest BCUT2D eigenvalue weighted by molar-refractivity contribution is 9.10. The fourth-order valence-electron chi connectivity index (χ4n) is 3.50. The number of hydrogen-bond acceptors (Lipinski definition) is 4. The molecular weight excluding hydrogens is 383 g/mol. The summed E-state index contributed by atoms with van der Waals surface area (Å²) >= 11 is 9.19. The van der Waals surface area contributed by atoms with Crippen molar-refractivity contribution < 1.29 is 4.39 Å². The van der Waals surface area contributed by atoms with Crippen LogP contribution < -0.4 is 4.90 Å². The highest BCUT2D eigenvalue weighted by Crippen LogP contribution is 2.37. The van der Waals surface area contributed by atoms with Crippen molar-refractivity contribution in [1.29, 1.82) is 0 Å². The molecular formula is C16H15BrClFN4. The SMILES string of the molecule is Fc1cc(Cl)cnc1N1C2CC1CN(Cc1ccc(Br)cn1)C2. The Hall–Kier alpha value is -1.24. The molecule has 0 amide bonds. The smallest absolute Gasteiger partial charge is 0.167 e. The molecule has 2 unspecified atom stereocenters. The van der Waals surface area contributed by atoms with Crippen molar-refractivity contribution in [2.24, 2.45) is 0 Å². The summed E-state index contributed by atoms with van der Waals surface area (Å²) in [5.74, 6) is 0.0901. The molecule has 3 saturated heterocycles. The van der Waals surface area contributed by atoms with E-state index in [1.54, 1.807) is 0 Å². The number of pyridine rings is 2. The maximum absolute atomic E-state index is 14.1. The van der Waals surface area contributed by atoms with E-state index in [1.807, 2.05) is 18.3 Å². The number of piperidine rings is 1. The Kier molecular flexibility index (Phi) is 3.99. The molecule has 0 radical (unpaired) electrons. The standard InChI is InChI=1S/C16H15BrClFN4/c17-10-1-2-12(20-5-10)7-22-8-13-4-14(9-22)23(13)16-15(19)3-11(18)6-21-16/h1-3,5-6,13-14H,4,7-9H2. The number of piperazine rings is 1. The van der Waals surface area contributed by atoms with E-state index >= 15 is 0 Å². The maximum Gasteiger partial charge on any atom is 0.167 e. The predicted octanol–water partition coefficient (Wildman–Crippen LogP) is 3.49. The van der Waals surface area contributed by atoms with Crippen molar-refractivity contribution >= 4 is 33.3 Å². The van der Waals surface area contributed by atoms with Crippen LogP contribution in [0.25, 0.3) is 0 Å². The Labute approximate surface area is 147 Å².